The SMILES string of the molecule is CCCCOc1cccc(NC(=O)C2C3CCC(C3)C2N)c1. The highest BCUT2D eigenvalue weighted by Gasteiger charge is 2.49. The Kier molecular flexibility index (Phi) is 4.67. The van der Waals surface area contributed by atoms with Gasteiger partial charge < -0.3 is 15.8 Å². The predicted octanol–water partition coefficient (Wildman–Crippen LogP) is 3.18. The third-order valence-corrected chi connectivity index (χ3v) is 5.15. The van der Waals surface area contributed by atoms with Crippen LogP contribution in [0, 0.1) is 17.8 Å². The second-order valence-electron chi connectivity index (χ2n) is 6.66. The van der Waals surface area contributed by atoms with Crippen LogP contribution in [0.3, 0.4) is 0 Å². The monoisotopic (exact) mass is 302 g/mol. The van der Waals surface area contributed by atoms with E-state index in [4.69, 9.17) is 10.5 Å². The smallest absolute Gasteiger partial charge is 0.229 e. The minimum Gasteiger partial charge on any atom is -0.494 e. The molecule has 3 rings (SSSR count). The standard InChI is InChI=1S/C18H26N2O2/c1-2-3-9-22-15-6-4-5-14(11-15)20-18(21)16-12-7-8-13(10-12)17(16)19/h4-6,11-13,16-17H,2-3,7-10,19H2,1H3,(H,20,21). The molecule has 1 aromatic rings. The van der Waals surface area contributed by atoms with Crippen LogP contribution in [0.1, 0.15) is 39.0 Å². The summed E-state index contributed by atoms with van der Waals surface area (Å²) in [4.78, 5) is 12.6. The van der Waals surface area contributed by atoms with Crippen molar-refractivity contribution in [2.24, 2.45) is 23.5 Å². The maximum atomic E-state index is 12.6. The molecule has 2 fully saturated rings. The van der Waals surface area contributed by atoms with Gasteiger partial charge in [-0.1, -0.05) is 19.4 Å². The molecule has 0 radical (unpaired) electrons. The lowest BCUT2D eigenvalue weighted by molar-refractivity contribution is -0.121. The fourth-order valence-corrected chi connectivity index (χ4v) is 3.95. The second-order valence-corrected chi connectivity index (χ2v) is 6.66. The van der Waals surface area contributed by atoms with Crippen LogP contribution in [0.15, 0.2) is 24.3 Å². The largest absolute Gasteiger partial charge is 0.494 e. The number of rotatable bonds is 6. The van der Waals surface area contributed by atoms with Crippen molar-refractivity contribution in [3.05, 3.63) is 24.3 Å². The highest BCUT2D eigenvalue weighted by molar-refractivity contribution is 5.93. The summed E-state index contributed by atoms with van der Waals surface area (Å²) in [5.41, 5.74) is 7.04. The van der Waals surface area contributed by atoms with Gasteiger partial charge in [-0.05, 0) is 49.7 Å². The molecule has 0 spiro atoms. The van der Waals surface area contributed by atoms with Gasteiger partial charge in [0.05, 0.1) is 12.5 Å². The van der Waals surface area contributed by atoms with E-state index in [1.54, 1.807) is 0 Å². The average molecular weight is 302 g/mol. The highest BCUT2D eigenvalue weighted by atomic mass is 16.5. The summed E-state index contributed by atoms with van der Waals surface area (Å²) in [6, 6.07) is 7.67. The first kappa shape index (κ1) is 15.3. The fourth-order valence-electron chi connectivity index (χ4n) is 3.95. The number of nitrogens with one attached hydrogen (secondary N) is 1. The van der Waals surface area contributed by atoms with Crippen LogP contribution in [0.25, 0.3) is 0 Å². The molecule has 4 nitrogen and oxygen atoms in total. The minimum atomic E-state index is -0.0246. The molecule has 0 aromatic heterocycles. The molecular formula is C18H26N2O2. The first-order chi connectivity index (χ1) is 10.7. The van der Waals surface area contributed by atoms with Gasteiger partial charge in [0, 0.05) is 17.8 Å². The maximum Gasteiger partial charge on any atom is 0.229 e. The van der Waals surface area contributed by atoms with Gasteiger partial charge in [-0.15, -0.1) is 0 Å². The Morgan fingerprint density at radius 2 is 2.18 bits per heavy atom. The Hall–Kier alpha value is -1.55. The van der Waals surface area contributed by atoms with E-state index in [-0.39, 0.29) is 17.9 Å². The molecule has 1 amide bonds. The summed E-state index contributed by atoms with van der Waals surface area (Å²) in [6.45, 7) is 2.85. The zero-order chi connectivity index (χ0) is 15.5. The average Bonchev–Trinajstić information content (AvgIpc) is 3.08. The Balaban J connectivity index is 1.60. The van der Waals surface area contributed by atoms with Gasteiger partial charge in [0.15, 0.2) is 0 Å². The molecule has 0 aliphatic heterocycles. The molecule has 4 atom stereocenters. The Morgan fingerprint density at radius 1 is 1.36 bits per heavy atom. The molecular weight excluding hydrogens is 276 g/mol. The molecule has 2 bridgehead atoms. The number of nitrogens with two attached hydrogens (primary N) is 1. The van der Waals surface area contributed by atoms with Gasteiger partial charge in [-0.3, -0.25) is 4.79 Å². The van der Waals surface area contributed by atoms with Gasteiger partial charge in [-0.2, -0.15) is 0 Å². The van der Waals surface area contributed by atoms with Crippen molar-refractivity contribution in [1.29, 1.82) is 0 Å². The van der Waals surface area contributed by atoms with E-state index in [2.05, 4.69) is 12.2 Å². The number of unbranched alkanes of at least 4 members (excludes halogenated alkanes) is 1. The number of hydrogen-bond donors (Lipinski definition) is 2. The van der Waals surface area contributed by atoms with Crippen molar-refractivity contribution in [3.63, 3.8) is 0 Å². The predicted molar refractivity (Wildman–Crippen MR) is 87.8 cm³/mol. The quantitative estimate of drug-likeness (QED) is 0.793. The van der Waals surface area contributed by atoms with E-state index in [1.807, 2.05) is 24.3 Å². The number of ether oxygens (including phenoxy) is 1. The summed E-state index contributed by atoms with van der Waals surface area (Å²) < 4.78 is 5.69. The van der Waals surface area contributed by atoms with Gasteiger partial charge in [-0.25, -0.2) is 0 Å². The molecule has 2 aliphatic rings. The van der Waals surface area contributed by atoms with E-state index in [9.17, 15) is 4.79 Å². The molecule has 4 unspecified atom stereocenters. The van der Waals surface area contributed by atoms with E-state index in [0.717, 1.165) is 37.1 Å². The Morgan fingerprint density at radius 3 is 2.91 bits per heavy atom. The van der Waals surface area contributed by atoms with Gasteiger partial charge in [0.2, 0.25) is 5.91 Å². The molecule has 2 aliphatic carbocycles. The lowest BCUT2D eigenvalue weighted by Gasteiger charge is -2.27. The lowest BCUT2D eigenvalue weighted by atomic mass is 9.84. The summed E-state index contributed by atoms with van der Waals surface area (Å²) in [6.07, 6.45) is 5.61. The van der Waals surface area contributed by atoms with Crippen molar-refractivity contribution < 1.29 is 9.53 Å². The van der Waals surface area contributed by atoms with E-state index in [1.165, 1.54) is 6.42 Å². The molecule has 2 saturated carbocycles. The number of anilines is 1. The summed E-state index contributed by atoms with van der Waals surface area (Å²) >= 11 is 0. The molecule has 0 heterocycles. The maximum absolute atomic E-state index is 12.6. The number of amides is 1. The topological polar surface area (TPSA) is 64.3 Å². The van der Waals surface area contributed by atoms with Crippen LogP contribution in [-0.4, -0.2) is 18.6 Å². The Labute approximate surface area is 132 Å². The van der Waals surface area contributed by atoms with Crippen LogP contribution in [-0.2, 0) is 4.79 Å². The molecule has 4 heteroatoms. The van der Waals surface area contributed by atoms with Crippen molar-refractivity contribution in [2.45, 2.75) is 45.1 Å². The van der Waals surface area contributed by atoms with Gasteiger partial charge >= 0.3 is 0 Å². The van der Waals surface area contributed by atoms with Crippen molar-refractivity contribution in [2.75, 3.05) is 11.9 Å². The number of benzene rings is 1. The summed E-state index contributed by atoms with van der Waals surface area (Å²) in [7, 11) is 0. The molecule has 3 N–H and O–H groups in total. The van der Waals surface area contributed by atoms with E-state index >= 15 is 0 Å². The van der Waals surface area contributed by atoms with Gasteiger partial charge in [0.1, 0.15) is 5.75 Å². The van der Waals surface area contributed by atoms with Crippen molar-refractivity contribution in [3.8, 4) is 5.75 Å². The third kappa shape index (κ3) is 3.12. The Bertz CT molecular complexity index is 530. The first-order valence-corrected chi connectivity index (χ1v) is 8.48. The molecule has 1 aromatic carbocycles. The lowest BCUT2D eigenvalue weighted by Crippen LogP contribution is -2.42. The van der Waals surface area contributed by atoms with E-state index in [0.29, 0.717) is 18.4 Å². The van der Waals surface area contributed by atoms with Crippen molar-refractivity contribution in [1.82, 2.24) is 0 Å². The zero-order valence-corrected chi connectivity index (χ0v) is 13.3. The van der Waals surface area contributed by atoms with Crippen molar-refractivity contribution >= 4 is 11.6 Å². The number of hydrogen-bond acceptors (Lipinski definition) is 3. The number of fused-ring (bicyclic) bond motifs is 2. The fraction of sp³-hybridized carbons (Fsp3) is 0.611. The normalized spacial score (nSPS) is 29.5. The highest BCUT2D eigenvalue weighted by Crippen LogP contribution is 2.47. The van der Waals surface area contributed by atoms with Crippen LogP contribution in [0.2, 0.25) is 0 Å². The minimum absolute atomic E-state index is 0.0246. The van der Waals surface area contributed by atoms with Crippen LogP contribution >= 0.6 is 0 Å². The molecule has 0 saturated heterocycles. The second kappa shape index (κ2) is 6.69. The van der Waals surface area contributed by atoms with Gasteiger partial charge in [0.25, 0.3) is 0 Å². The summed E-state index contributed by atoms with van der Waals surface area (Å²) in [5.74, 6) is 1.88. The first-order valence-electron chi connectivity index (χ1n) is 8.48. The summed E-state index contributed by atoms with van der Waals surface area (Å²) in [5, 5.41) is 3.03. The van der Waals surface area contributed by atoms with Crippen LogP contribution in [0.4, 0.5) is 5.69 Å². The molecule has 22 heavy (non-hydrogen) atoms. The number of carbonyl (C=O) groups excluding carboxylic acids is 1. The number of carbonyl (C=O) groups is 1. The van der Waals surface area contributed by atoms with Crippen LogP contribution < -0.4 is 15.8 Å². The van der Waals surface area contributed by atoms with Crippen LogP contribution in [0.5, 0.6) is 5.75 Å². The zero-order valence-electron chi connectivity index (χ0n) is 13.3. The van der Waals surface area contributed by atoms with E-state index < -0.39 is 0 Å². The third-order valence-electron chi connectivity index (χ3n) is 5.15. The molecule has 120 valence electrons.